The lowest BCUT2D eigenvalue weighted by Gasteiger charge is -2.35. The third-order valence-electron chi connectivity index (χ3n) is 2.98. The molecule has 0 aromatic heterocycles. The van der Waals surface area contributed by atoms with Gasteiger partial charge in [0.15, 0.2) is 0 Å². The summed E-state index contributed by atoms with van der Waals surface area (Å²) >= 11 is 0. The van der Waals surface area contributed by atoms with E-state index in [4.69, 9.17) is 0 Å². The Morgan fingerprint density at radius 1 is 1.08 bits per heavy atom. The zero-order valence-corrected chi connectivity index (χ0v) is 8.76. The SMILES string of the molecule is BC(B)(c1ccccc1)C(C)(C)F. The molecule has 0 amide bonds. The first-order chi connectivity index (χ1) is 5.86. The Morgan fingerprint density at radius 2 is 1.54 bits per heavy atom. The molecular weight excluding hydrogens is 161 g/mol. The highest BCUT2D eigenvalue weighted by molar-refractivity contribution is 6.41. The van der Waals surface area contributed by atoms with Crippen molar-refractivity contribution in [2.75, 3.05) is 0 Å². The van der Waals surface area contributed by atoms with E-state index in [1.54, 1.807) is 13.8 Å². The van der Waals surface area contributed by atoms with Gasteiger partial charge < -0.3 is 0 Å². The van der Waals surface area contributed by atoms with E-state index in [1.807, 2.05) is 46.0 Å². The average molecular weight is 176 g/mol. The van der Waals surface area contributed by atoms with E-state index in [0.29, 0.717) is 0 Å². The molecular formula is C10H15B2F. The molecule has 0 saturated carbocycles. The van der Waals surface area contributed by atoms with Crippen LogP contribution in [0.4, 0.5) is 4.39 Å². The van der Waals surface area contributed by atoms with Gasteiger partial charge in [0.1, 0.15) is 21.4 Å². The second-order valence-electron chi connectivity index (χ2n) is 4.46. The van der Waals surface area contributed by atoms with E-state index in [-0.39, 0.29) is 0 Å². The van der Waals surface area contributed by atoms with E-state index in [2.05, 4.69) is 0 Å². The molecule has 0 N–H and O–H groups in total. The predicted octanol–water partition coefficient (Wildman–Crippen LogP) is 0.854. The van der Waals surface area contributed by atoms with Crippen LogP contribution >= 0.6 is 0 Å². The molecule has 1 rings (SSSR count). The fourth-order valence-corrected chi connectivity index (χ4v) is 1.20. The molecule has 1 aromatic carbocycles. The molecule has 1 aromatic rings. The lowest BCUT2D eigenvalue weighted by molar-refractivity contribution is 0.188. The lowest BCUT2D eigenvalue weighted by Crippen LogP contribution is -2.45. The maximum absolute atomic E-state index is 13.9. The molecule has 0 atom stereocenters. The largest absolute Gasteiger partial charge is 0.245 e. The first-order valence-electron chi connectivity index (χ1n) is 4.60. The molecule has 0 heterocycles. The van der Waals surface area contributed by atoms with Gasteiger partial charge in [0.2, 0.25) is 0 Å². The molecule has 13 heavy (non-hydrogen) atoms. The first-order valence-corrected chi connectivity index (χ1v) is 4.60. The van der Waals surface area contributed by atoms with Gasteiger partial charge in [-0.1, -0.05) is 35.9 Å². The van der Waals surface area contributed by atoms with Crippen molar-refractivity contribution in [1.82, 2.24) is 0 Å². The van der Waals surface area contributed by atoms with Crippen LogP contribution in [0.5, 0.6) is 0 Å². The number of alkyl halides is 1. The summed E-state index contributed by atoms with van der Waals surface area (Å²) in [7, 11) is 3.87. The monoisotopic (exact) mass is 176 g/mol. The molecule has 0 unspecified atom stereocenters. The normalized spacial score (nSPS) is 12.8. The van der Waals surface area contributed by atoms with Crippen LogP contribution in [0.3, 0.4) is 0 Å². The van der Waals surface area contributed by atoms with E-state index in [0.717, 1.165) is 5.56 Å². The standard InChI is InChI=1S/C10H15B2F/c1-9(2,13)10(11,12)8-6-4-3-5-7-8/h3-7H,11-12H2,1-2H3. The van der Waals surface area contributed by atoms with Crippen molar-refractivity contribution in [3.63, 3.8) is 0 Å². The first kappa shape index (κ1) is 10.4. The van der Waals surface area contributed by atoms with E-state index in [1.165, 1.54) is 0 Å². The Hall–Kier alpha value is -0.720. The molecule has 0 fully saturated rings. The van der Waals surface area contributed by atoms with E-state index >= 15 is 0 Å². The summed E-state index contributed by atoms with van der Waals surface area (Å²) in [4.78, 5) is 0. The zero-order valence-electron chi connectivity index (χ0n) is 8.76. The molecule has 0 nitrogen and oxygen atoms in total. The van der Waals surface area contributed by atoms with Crippen molar-refractivity contribution < 1.29 is 4.39 Å². The van der Waals surface area contributed by atoms with Gasteiger partial charge in [0.25, 0.3) is 0 Å². The third kappa shape index (κ3) is 1.96. The van der Waals surface area contributed by atoms with Crippen LogP contribution in [0.25, 0.3) is 0 Å². The summed E-state index contributed by atoms with van der Waals surface area (Å²) in [5.74, 6) is 0. The highest BCUT2D eigenvalue weighted by atomic mass is 19.1. The van der Waals surface area contributed by atoms with E-state index in [9.17, 15) is 4.39 Å². The Balaban J connectivity index is 3.08. The van der Waals surface area contributed by atoms with Gasteiger partial charge in [-0.2, -0.15) is 0 Å². The molecule has 0 spiro atoms. The topological polar surface area (TPSA) is 0 Å². The van der Waals surface area contributed by atoms with Gasteiger partial charge >= 0.3 is 0 Å². The number of halogens is 1. The Kier molecular flexibility index (Phi) is 2.56. The van der Waals surface area contributed by atoms with Crippen molar-refractivity contribution in [2.24, 2.45) is 0 Å². The molecule has 3 heteroatoms. The fraction of sp³-hybridized carbons (Fsp3) is 0.400. The smallest absolute Gasteiger partial charge is 0.108 e. The quantitative estimate of drug-likeness (QED) is 0.586. The van der Waals surface area contributed by atoms with Crippen molar-refractivity contribution in [3.8, 4) is 0 Å². The van der Waals surface area contributed by atoms with Gasteiger partial charge in [-0.05, 0) is 19.1 Å². The zero-order chi connectivity index (χ0) is 10.1. The summed E-state index contributed by atoms with van der Waals surface area (Å²) in [5, 5.41) is -0.436. The second kappa shape index (κ2) is 3.21. The minimum Gasteiger partial charge on any atom is -0.245 e. The summed E-state index contributed by atoms with van der Waals surface area (Å²) in [6.07, 6.45) is 0. The molecule has 0 aliphatic carbocycles. The summed E-state index contributed by atoms with van der Waals surface area (Å²) < 4.78 is 13.9. The van der Waals surface area contributed by atoms with Gasteiger partial charge in [0.05, 0.1) is 0 Å². The van der Waals surface area contributed by atoms with Gasteiger partial charge in [0, 0.05) is 0 Å². The molecule has 0 radical (unpaired) electrons. The third-order valence-corrected chi connectivity index (χ3v) is 2.98. The van der Waals surface area contributed by atoms with E-state index < -0.39 is 10.9 Å². The summed E-state index contributed by atoms with van der Waals surface area (Å²) in [6.45, 7) is 3.25. The highest BCUT2D eigenvalue weighted by Gasteiger charge is 2.37. The van der Waals surface area contributed by atoms with Gasteiger partial charge in [-0.15, -0.1) is 0 Å². The number of rotatable bonds is 2. The fourth-order valence-electron chi connectivity index (χ4n) is 1.20. The van der Waals surface area contributed by atoms with Crippen LogP contribution in [0, 0.1) is 0 Å². The van der Waals surface area contributed by atoms with Crippen molar-refractivity contribution >= 4 is 15.7 Å². The number of hydrogen-bond acceptors (Lipinski definition) is 0. The maximum atomic E-state index is 13.9. The molecule has 0 bridgehead atoms. The van der Waals surface area contributed by atoms with Crippen LogP contribution in [-0.4, -0.2) is 21.4 Å². The summed E-state index contributed by atoms with van der Waals surface area (Å²) in [6, 6.07) is 9.79. The van der Waals surface area contributed by atoms with Gasteiger partial charge in [-0.3, -0.25) is 0 Å². The predicted molar refractivity (Wildman–Crippen MR) is 60.4 cm³/mol. The van der Waals surface area contributed by atoms with Crippen LogP contribution in [0.2, 0.25) is 0 Å². The Labute approximate surface area is 81.4 Å². The van der Waals surface area contributed by atoms with Crippen LogP contribution in [0.1, 0.15) is 19.4 Å². The van der Waals surface area contributed by atoms with Crippen LogP contribution in [-0.2, 0) is 5.21 Å². The highest BCUT2D eigenvalue weighted by Crippen LogP contribution is 2.31. The van der Waals surface area contributed by atoms with Crippen molar-refractivity contribution in [2.45, 2.75) is 24.7 Å². The molecule has 68 valence electrons. The van der Waals surface area contributed by atoms with Crippen LogP contribution < -0.4 is 0 Å². The number of benzene rings is 1. The van der Waals surface area contributed by atoms with Gasteiger partial charge in [-0.25, -0.2) is 4.39 Å². The Bertz CT molecular complexity index is 275. The Morgan fingerprint density at radius 3 is 1.92 bits per heavy atom. The minimum absolute atomic E-state index is 0.436. The molecule has 0 aliphatic heterocycles. The minimum atomic E-state index is -1.20. The summed E-state index contributed by atoms with van der Waals surface area (Å²) in [5.41, 5.74) is -0.156. The van der Waals surface area contributed by atoms with Crippen molar-refractivity contribution in [3.05, 3.63) is 35.9 Å². The maximum Gasteiger partial charge on any atom is 0.108 e. The molecule has 0 saturated heterocycles. The average Bonchev–Trinajstić information content (AvgIpc) is 2.04. The number of hydrogen-bond donors (Lipinski definition) is 0. The second-order valence-corrected chi connectivity index (χ2v) is 4.46. The molecule has 0 aliphatic rings. The van der Waals surface area contributed by atoms with Crippen molar-refractivity contribution in [1.29, 1.82) is 0 Å². The van der Waals surface area contributed by atoms with Crippen LogP contribution in [0.15, 0.2) is 30.3 Å². The lowest BCUT2D eigenvalue weighted by atomic mass is 9.45.